The maximum Gasteiger partial charge on any atom is 0.150 e. The predicted octanol–water partition coefficient (Wildman–Crippen LogP) is 1.46. The molecule has 1 rings (SSSR count). The summed E-state index contributed by atoms with van der Waals surface area (Å²) in [6.45, 7) is 4.43. The van der Waals surface area contributed by atoms with Gasteiger partial charge in [-0.25, -0.2) is 0 Å². The van der Waals surface area contributed by atoms with Crippen molar-refractivity contribution in [1.29, 1.82) is 0 Å². The lowest BCUT2D eigenvalue weighted by molar-refractivity contribution is 0.112. The second kappa shape index (κ2) is 3.48. The molecule has 0 saturated carbocycles. The van der Waals surface area contributed by atoms with Gasteiger partial charge in [-0.05, 0) is 0 Å². The van der Waals surface area contributed by atoms with Gasteiger partial charge in [0.05, 0.1) is 8.80 Å². The van der Waals surface area contributed by atoms with Crippen molar-refractivity contribution < 1.29 is 4.79 Å². The first-order valence-electron chi connectivity index (χ1n) is 3.60. The Kier molecular flexibility index (Phi) is 2.60. The number of aldehydes is 1. The molecule has 57 valence electrons. The highest BCUT2D eigenvalue weighted by Gasteiger charge is 2.00. The van der Waals surface area contributed by atoms with Crippen molar-refractivity contribution in [2.24, 2.45) is 0 Å². The van der Waals surface area contributed by atoms with E-state index in [1.807, 2.05) is 18.2 Å². The molecule has 1 nitrogen and oxygen atoms in total. The van der Waals surface area contributed by atoms with Crippen LogP contribution < -0.4 is 5.19 Å². The van der Waals surface area contributed by atoms with Crippen LogP contribution in [0.1, 0.15) is 10.4 Å². The molecule has 0 saturated heterocycles. The quantitative estimate of drug-likeness (QED) is 0.476. The van der Waals surface area contributed by atoms with Gasteiger partial charge >= 0.3 is 0 Å². The lowest BCUT2D eigenvalue weighted by Gasteiger charge is -2.02. The van der Waals surface area contributed by atoms with E-state index in [9.17, 15) is 4.79 Å². The summed E-state index contributed by atoms with van der Waals surface area (Å²) < 4.78 is 0. The van der Waals surface area contributed by atoms with Gasteiger partial charge in [-0.2, -0.15) is 0 Å². The Bertz CT molecular complexity index is 255. The van der Waals surface area contributed by atoms with Gasteiger partial charge < -0.3 is 0 Å². The normalized spacial score (nSPS) is 10.1. The molecule has 0 fully saturated rings. The highest BCUT2D eigenvalue weighted by molar-refractivity contribution is 6.70. The van der Waals surface area contributed by atoms with Gasteiger partial charge in [-0.3, -0.25) is 4.79 Å². The van der Waals surface area contributed by atoms with E-state index < -0.39 is 8.80 Å². The van der Waals surface area contributed by atoms with E-state index in [1.54, 1.807) is 0 Å². The molecule has 0 heterocycles. The van der Waals surface area contributed by atoms with E-state index >= 15 is 0 Å². The van der Waals surface area contributed by atoms with E-state index in [2.05, 4.69) is 19.2 Å². The largest absolute Gasteiger partial charge is 0.298 e. The molecule has 1 aromatic carbocycles. The molecule has 0 unspecified atom stereocenters. The van der Waals surface area contributed by atoms with Gasteiger partial charge in [-0.15, -0.1) is 0 Å². The maximum absolute atomic E-state index is 10.4. The van der Waals surface area contributed by atoms with Crippen molar-refractivity contribution in [1.82, 2.24) is 0 Å². The Labute approximate surface area is 68.7 Å². The van der Waals surface area contributed by atoms with Crippen molar-refractivity contribution in [2.45, 2.75) is 13.1 Å². The summed E-state index contributed by atoms with van der Waals surface area (Å²) in [6, 6.07) is 7.83. The zero-order valence-electron chi connectivity index (χ0n) is 6.79. The van der Waals surface area contributed by atoms with Crippen molar-refractivity contribution in [3.63, 3.8) is 0 Å². The molecule has 0 N–H and O–H groups in total. The molecule has 0 aromatic heterocycles. The number of benzene rings is 1. The Balaban J connectivity index is 3.00. The van der Waals surface area contributed by atoms with Crippen LogP contribution in [0.4, 0.5) is 0 Å². The SMILES string of the molecule is C[Si](C)c1cccc(C=O)c1. The van der Waals surface area contributed by atoms with Crippen LogP contribution in [0.2, 0.25) is 13.1 Å². The van der Waals surface area contributed by atoms with Crippen LogP contribution in [-0.2, 0) is 0 Å². The molecule has 1 radical (unpaired) electrons. The van der Waals surface area contributed by atoms with Gasteiger partial charge in [0.15, 0.2) is 0 Å². The maximum atomic E-state index is 10.4. The van der Waals surface area contributed by atoms with Crippen LogP contribution in [0.15, 0.2) is 24.3 Å². The zero-order chi connectivity index (χ0) is 8.27. The van der Waals surface area contributed by atoms with E-state index in [4.69, 9.17) is 0 Å². The Morgan fingerprint density at radius 2 is 2.09 bits per heavy atom. The Morgan fingerprint density at radius 1 is 1.36 bits per heavy atom. The summed E-state index contributed by atoms with van der Waals surface area (Å²) in [5.74, 6) is 0. The van der Waals surface area contributed by atoms with Gasteiger partial charge in [0.1, 0.15) is 6.29 Å². The van der Waals surface area contributed by atoms with Gasteiger partial charge in [0, 0.05) is 5.56 Å². The van der Waals surface area contributed by atoms with Crippen LogP contribution in [0, 0.1) is 0 Å². The molecule has 0 amide bonds. The third-order valence-electron chi connectivity index (χ3n) is 1.60. The van der Waals surface area contributed by atoms with Crippen molar-refractivity contribution in [2.75, 3.05) is 0 Å². The monoisotopic (exact) mass is 163 g/mol. The topological polar surface area (TPSA) is 17.1 Å². The van der Waals surface area contributed by atoms with Crippen LogP contribution in [0.3, 0.4) is 0 Å². The summed E-state index contributed by atoms with van der Waals surface area (Å²) in [5, 5.41) is 1.32. The second-order valence-corrected chi connectivity index (χ2v) is 5.32. The Hall–Kier alpha value is -0.893. The number of carbonyl (C=O) groups is 1. The van der Waals surface area contributed by atoms with Crippen LogP contribution in [0.25, 0.3) is 0 Å². The first-order chi connectivity index (χ1) is 5.24. The molecule has 0 spiro atoms. The minimum absolute atomic E-state index is 0.403. The first-order valence-corrected chi connectivity index (χ1v) is 6.10. The molecule has 0 atom stereocenters. The molecular formula is C9H11OSi. The molecular weight excluding hydrogens is 152 g/mol. The number of hydrogen-bond acceptors (Lipinski definition) is 1. The average Bonchev–Trinajstić information content (AvgIpc) is 2.05. The minimum atomic E-state index is -0.403. The molecule has 0 aliphatic rings. The summed E-state index contributed by atoms with van der Waals surface area (Å²) in [6.07, 6.45) is 0.897. The molecule has 1 aromatic rings. The van der Waals surface area contributed by atoms with Crippen molar-refractivity contribution in [3.05, 3.63) is 29.8 Å². The number of hydrogen-bond donors (Lipinski definition) is 0. The van der Waals surface area contributed by atoms with Gasteiger partial charge in [0.2, 0.25) is 0 Å². The fourth-order valence-corrected chi connectivity index (χ4v) is 1.81. The molecule has 0 aliphatic heterocycles. The third kappa shape index (κ3) is 2.02. The smallest absolute Gasteiger partial charge is 0.150 e. The summed E-state index contributed by atoms with van der Waals surface area (Å²) >= 11 is 0. The molecule has 0 bridgehead atoms. The van der Waals surface area contributed by atoms with E-state index in [-0.39, 0.29) is 0 Å². The Morgan fingerprint density at radius 3 is 2.64 bits per heavy atom. The highest BCUT2D eigenvalue weighted by atomic mass is 28.3. The summed E-state index contributed by atoms with van der Waals surface area (Å²) in [7, 11) is -0.403. The van der Waals surface area contributed by atoms with E-state index in [0.717, 1.165) is 11.8 Å². The lowest BCUT2D eigenvalue weighted by atomic mass is 10.2. The second-order valence-electron chi connectivity index (χ2n) is 2.74. The predicted molar refractivity (Wildman–Crippen MR) is 48.9 cm³/mol. The number of carbonyl (C=O) groups excluding carboxylic acids is 1. The van der Waals surface area contributed by atoms with Crippen LogP contribution >= 0.6 is 0 Å². The van der Waals surface area contributed by atoms with Crippen molar-refractivity contribution >= 4 is 20.3 Å². The standard InChI is InChI=1S/C9H11OSi/c1-11(2)9-5-3-4-8(6-9)7-10/h3-7H,1-2H3. The third-order valence-corrected chi connectivity index (χ3v) is 3.07. The van der Waals surface area contributed by atoms with E-state index in [1.165, 1.54) is 5.19 Å². The van der Waals surface area contributed by atoms with Gasteiger partial charge in [-0.1, -0.05) is 42.5 Å². The molecule has 2 heteroatoms. The molecule has 11 heavy (non-hydrogen) atoms. The number of rotatable bonds is 2. The summed E-state index contributed by atoms with van der Waals surface area (Å²) in [5.41, 5.74) is 0.786. The van der Waals surface area contributed by atoms with Gasteiger partial charge in [0.25, 0.3) is 0 Å². The fourth-order valence-electron chi connectivity index (χ4n) is 0.923. The lowest BCUT2D eigenvalue weighted by Crippen LogP contribution is -2.22. The van der Waals surface area contributed by atoms with E-state index in [0.29, 0.717) is 0 Å². The average molecular weight is 163 g/mol. The fraction of sp³-hybridized carbons (Fsp3) is 0.222. The van der Waals surface area contributed by atoms with Crippen molar-refractivity contribution in [3.8, 4) is 0 Å². The molecule has 0 aliphatic carbocycles. The first kappa shape index (κ1) is 8.21. The highest BCUT2D eigenvalue weighted by Crippen LogP contribution is 1.93. The van der Waals surface area contributed by atoms with Crippen LogP contribution in [-0.4, -0.2) is 15.1 Å². The summed E-state index contributed by atoms with van der Waals surface area (Å²) in [4.78, 5) is 10.4. The minimum Gasteiger partial charge on any atom is -0.298 e. The zero-order valence-corrected chi connectivity index (χ0v) is 7.79. The van der Waals surface area contributed by atoms with Crippen LogP contribution in [0.5, 0.6) is 0 Å².